The van der Waals surface area contributed by atoms with Crippen LogP contribution in [0.3, 0.4) is 0 Å². The molecule has 0 aliphatic heterocycles. The zero-order valence-electron chi connectivity index (χ0n) is 22.0. The highest BCUT2D eigenvalue weighted by Crippen LogP contribution is 2.38. The van der Waals surface area contributed by atoms with Crippen LogP contribution < -0.4 is 15.5 Å². The molecule has 1 unspecified atom stereocenters. The van der Waals surface area contributed by atoms with Crippen LogP contribution in [0.2, 0.25) is 0 Å². The van der Waals surface area contributed by atoms with Gasteiger partial charge in [-0.05, 0) is 54.3 Å². The first-order valence-corrected chi connectivity index (χ1v) is 12.5. The van der Waals surface area contributed by atoms with Gasteiger partial charge in [-0.2, -0.15) is 0 Å². The molecule has 0 saturated carbocycles. The van der Waals surface area contributed by atoms with Gasteiger partial charge in [0.05, 0.1) is 0 Å². The maximum absolute atomic E-state index is 13.1. The Morgan fingerprint density at radius 1 is 0.927 bits per heavy atom. The van der Waals surface area contributed by atoms with Crippen LogP contribution in [0.1, 0.15) is 25.8 Å². The molecule has 4 rings (SSSR count). The monoisotopic (exact) mass is 561 g/mol. The van der Waals surface area contributed by atoms with Gasteiger partial charge in [-0.25, -0.2) is 4.79 Å². The predicted octanol–water partition coefficient (Wildman–Crippen LogP) is 4.14. The molecule has 41 heavy (non-hydrogen) atoms. The third-order valence-electron chi connectivity index (χ3n) is 6.01. The van der Waals surface area contributed by atoms with E-state index in [4.69, 9.17) is 9.15 Å². The fourth-order valence-electron chi connectivity index (χ4n) is 4.03. The van der Waals surface area contributed by atoms with Crippen LogP contribution >= 0.6 is 0 Å². The Balaban J connectivity index is 1.61. The number of hydrogen-bond acceptors (Lipinski definition) is 10. The van der Waals surface area contributed by atoms with Crippen LogP contribution in [0.15, 0.2) is 69.9 Å². The average Bonchev–Trinajstić information content (AvgIpc) is 2.91. The lowest BCUT2D eigenvalue weighted by Gasteiger charge is -2.19. The SMILES string of the molecule is CC(C)CC(NC(=O)/C=C/c1ccc(O)cc1)C(=O)Oc1cc(O)c2c(=O)c(O)c(-c3ccc(O)c(O)c3)oc2c1. The number of aromatic hydroxyl groups is 5. The number of rotatable bonds is 8. The number of ether oxygens (including phenoxy) is 1. The van der Waals surface area contributed by atoms with Gasteiger partial charge < -0.3 is 40.0 Å². The Morgan fingerprint density at radius 2 is 1.63 bits per heavy atom. The molecular formula is C30H27NO10. The summed E-state index contributed by atoms with van der Waals surface area (Å²) in [4.78, 5) is 38.4. The number of fused-ring (bicyclic) bond motifs is 1. The van der Waals surface area contributed by atoms with Gasteiger partial charge in [-0.1, -0.05) is 26.0 Å². The fourth-order valence-corrected chi connectivity index (χ4v) is 4.03. The molecule has 0 saturated heterocycles. The van der Waals surface area contributed by atoms with Gasteiger partial charge in [-0.3, -0.25) is 9.59 Å². The van der Waals surface area contributed by atoms with E-state index in [0.29, 0.717) is 5.56 Å². The van der Waals surface area contributed by atoms with Crippen molar-refractivity contribution in [1.29, 1.82) is 0 Å². The van der Waals surface area contributed by atoms with E-state index < -0.39 is 46.3 Å². The summed E-state index contributed by atoms with van der Waals surface area (Å²) in [5.74, 6) is -4.31. The average molecular weight is 562 g/mol. The molecule has 1 amide bonds. The quantitative estimate of drug-likeness (QED) is 0.0790. The standard InChI is InChI=1S/C30H27NO10/c1-15(2)11-20(31-25(36)10-5-16-3-7-18(32)8-4-16)30(39)40-19-13-23(35)26-24(14-19)41-29(28(38)27(26)37)17-6-9-21(33)22(34)12-17/h3-10,12-15,20,32-35,38H,11H2,1-2H3,(H,31,36)/b10-5+. The maximum Gasteiger partial charge on any atom is 0.334 e. The van der Waals surface area contributed by atoms with Gasteiger partial charge in [0.1, 0.15) is 34.3 Å². The van der Waals surface area contributed by atoms with Crippen molar-refractivity contribution in [3.8, 4) is 45.8 Å². The van der Waals surface area contributed by atoms with Gasteiger partial charge in [0.25, 0.3) is 0 Å². The Hall–Kier alpha value is -5.45. The second-order valence-corrected chi connectivity index (χ2v) is 9.66. The largest absolute Gasteiger partial charge is 0.508 e. The molecular weight excluding hydrogens is 534 g/mol. The molecule has 4 aromatic rings. The highest BCUT2D eigenvalue weighted by molar-refractivity contribution is 5.95. The number of esters is 1. The predicted molar refractivity (Wildman–Crippen MR) is 149 cm³/mol. The summed E-state index contributed by atoms with van der Waals surface area (Å²) in [6, 6.07) is 10.7. The Kier molecular flexibility index (Phi) is 8.18. The number of amides is 1. The van der Waals surface area contributed by atoms with E-state index in [2.05, 4.69) is 5.32 Å². The van der Waals surface area contributed by atoms with Crippen LogP contribution in [-0.4, -0.2) is 43.5 Å². The number of nitrogens with one attached hydrogen (secondary N) is 1. The van der Waals surface area contributed by atoms with Crippen LogP contribution in [0, 0.1) is 5.92 Å². The number of phenols is 4. The van der Waals surface area contributed by atoms with E-state index in [1.807, 2.05) is 13.8 Å². The number of hydrogen-bond donors (Lipinski definition) is 6. The van der Waals surface area contributed by atoms with Gasteiger partial charge >= 0.3 is 5.97 Å². The molecule has 11 heteroatoms. The lowest BCUT2D eigenvalue weighted by molar-refractivity contribution is -0.139. The van der Waals surface area contributed by atoms with Crippen molar-refractivity contribution in [2.45, 2.75) is 26.3 Å². The normalized spacial score (nSPS) is 12.1. The van der Waals surface area contributed by atoms with Crippen molar-refractivity contribution in [2.75, 3.05) is 0 Å². The van der Waals surface area contributed by atoms with E-state index in [0.717, 1.165) is 24.3 Å². The van der Waals surface area contributed by atoms with Crippen molar-refractivity contribution < 1.29 is 44.3 Å². The van der Waals surface area contributed by atoms with Gasteiger partial charge in [0, 0.05) is 23.8 Å². The molecule has 0 aliphatic rings. The van der Waals surface area contributed by atoms with E-state index in [1.54, 1.807) is 12.1 Å². The lowest BCUT2D eigenvalue weighted by atomic mass is 10.0. The number of carbonyl (C=O) groups is 2. The number of benzene rings is 3. The molecule has 0 fully saturated rings. The minimum atomic E-state index is -1.06. The summed E-state index contributed by atoms with van der Waals surface area (Å²) < 4.78 is 11.1. The van der Waals surface area contributed by atoms with Crippen molar-refractivity contribution in [3.63, 3.8) is 0 Å². The topological polar surface area (TPSA) is 187 Å². The first-order valence-electron chi connectivity index (χ1n) is 12.5. The molecule has 212 valence electrons. The fraction of sp³-hybridized carbons (Fsp3) is 0.167. The third-order valence-corrected chi connectivity index (χ3v) is 6.01. The molecule has 1 heterocycles. The van der Waals surface area contributed by atoms with Crippen LogP contribution in [0.5, 0.6) is 34.5 Å². The summed E-state index contributed by atoms with van der Waals surface area (Å²) in [5, 5.41) is 51.9. The second kappa shape index (κ2) is 11.7. The molecule has 0 spiro atoms. The maximum atomic E-state index is 13.1. The summed E-state index contributed by atoms with van der Waals surface area (Å²) >= 11 is 0. The minimum Gasteiger partial charge on any atom is -0.508 e. The Bertz CT molecular complexity index is 1700. The summed E-state index contributed by atoms with van der Waals surface area (Å²) in [5.41, 5.74) is -0.505. The van der Waals surface area contributed by atoms with E-state index in [-0.39, 0.29) is 46.1 Å². The first-order chi connectivity index (χ1) is 19.4. The summed E-state index contributed by atoms with van der Waals surface area (Å²) in [6.07, 6.45) is 2.98. The minimum absolute atomic E-state index is 0.00999. The molecule has 0 aliphatic carbocycles. The smallest absolute Gasteiger partial charge is 0.334 e. The van der Waals surface area contributed by atoms with E-state index in [9.17, 15) is 39.9 Å². The third kappa shape index (κ3) is 6.59. The first kappa shape index (κ1) is 28.6. The molecule has 1 aromatic heterocycles. The highest BCUT2D eigenvalue weighted by Gasteiger charge is 2.25. The number of carbonyl (C=O) groups excluding carboxylic acids is 2. The van der Waals surface area contributed by atoms with Crippen LogP contribution in [0.4, 0.5) is 0 Å². The van der Waals surface area contributed by atoms with Gasteiger partial charge in [0.2, 0.25) is 17.1 Å². The zero-order valence-corrected chi connectivity index (χ0v) is 22.0. The second-order valence-electron chi connectivity index (χ2n) is 9.66. The van der Waals surface area contributed by atoms with Crippen molar-refractivity contribution >= 4 is 28.9 Å². The van der Waals surface area contributed by atoms with Crippen molar-refractivity contribution in [3.05, 3.63) is 76.5 Å². The van der Waals surface area contributed by atoms with E-state index >= 15 is 0 Å². The summed E-state index contributed by atoms with van der Waals surface area (Å²) in [7, 11) is 0. The highest BCUT2D eigenvalue weighted by atomic mass is 16.5. The molecule has 3 aromatic carbocycles. The Morgan fingerprint density at radius 3 is 2.29 bits per heavy atom. The van der Waals surface area contributed by atoms with Crippen molar-refractivity contribution in [1.82, 2.24) is 5.32 Å². The number of phenolic OH excluding ortho intramolecular Hbond substituents is 4. The summed E-state index contributed by atoms with van der Waals surface area (Å²) in [6.45, 7) is 3.70. The molecule has 6 N–H and O–H groups in total. The zero-order chi connectivity index (χ0) is 29.8. The molecule has 11 nitrogen and oxygen atoms in total. The lowest BCUT2D eigenvalue weighted by Crippen LogP contribution is -2.43. The van der Waals surface area contributed by atoms with Crippen molar-refractivity contribution in [2.24, 2.45) is 5.92 Å². The van der Waals surface area contributed by atoms with E-state index in [1.165, 1.54) is 30.4 Å². The molecule has 0 radical (unpaired) electrons. The van der Waals surface area contributed by atoms with Gasteiger partial charge in [-0.15, -0.1) is 0 Å². The van der Waals surface area contributed by atoms with Crippen LogP contribution in [0.25, 0.3) is 28.4 Å². The molecule has 1 atom stereocenters. The molecule has 0 bridgehead atoms. The van der Waals surface area contributed by atoms with Gasteiger partial charge in [0.15, 0.2) is 17.3 Å². The van der Waals surface area contributed by atoms with Crippen LogP contribution in [-0.2, 0) is 9.59 Å². The Labute approximate surface area is 233 Å².